The van der Waals surface area contributed by atoms with Crippen molar-refractivity contribution in [3.8, 4) is 0 Å². The molecule has 3 N–H and O–H groups in total. The zero-order chi connectivity index (χ0) is 15.4. The fourth-order valence-electron chi connectivity index (χ4n) is 2.08. The van der Waals surface area contributed by atoms with Gasteiger partial charge in [-0.1, -0.05) is 12.1 Å². The lowest BCUT2D eigenvalue weighted by atomic mass is 10.1. The van der Waals surface area contributed by atoms with Crippen LogP contribution < -0.4 is 10.6 Å². The van der Waals surface area contributed by atoms with Crippen LogP contribution in [0.3, 0.4) is 0 Å². The van der Waals surface area contributed by atoms with Crippen LogP contribution in [0.25, 0.3) is 0 Å². The molecule has 7 nitrogen and oxygen atoms in total. The molecule has 1 fully saturated rings. The predicted octanol–water partition coefficient (Wildman–Crippen LogP) is 0.633. The summed E-state index contributed by atoms with van der Waals surface area (Å²) in [5.74, 6) is -2.34. The molecule has 0 aromatic heterocycles. The molecule has 0 aliphatic carbocycles. The summed E-state index contributed by atoms with van der Waals surface area (Å²) in [7, 11) is 0. The van der Waals surface area contributed by atoms with Gasteiger partial charge in [0.15, 0.2) is 0 Å². The first-order chi connectivity index (χ1) is 9.99. The Morgan fingerprint density at radius 2 is 2.14 bits per heavy atom. The van der Waals surface area contributed by atoms with E-state index >= 15 is 0 Å². The SMILES string of the molecule is O=C(O)CC1C(=O)NCCN1C(=O)Nc1ccccc1F. The van der Waals surface area contributed by atoms with E-state index in [1.54, 1.807) is 6.07 Å². The van der Waals surface area contributed by atoms with Gasteiger partial charge in [-0.25, -0.2) is 9.18 Å². The van der Waals surface area contributed by atoms with Gasteiger partial charge in [-0.05, 0) is 12.1 Å². The molecule has 2 rings (SSSR count). The highest BCUT2D eigenvalue weighted by atomic mass is 19.1. The maximum absolute atomic E-state index is 13.5. The number of rotatable bonds is 3. The maximum Gasteiger partial charge on any atom is 0.322 e. The molecule has 0 bridgehead atoms. The molecule has 1 atom stereocenters. The van der Waals surface area contributed by atoms with Gasteiger partial charge in [0.25, 0.3) is 0 Å². The van der Waals surface area contributed by atoms with E-state index in [0.29, 0.717) is 0 Å². The van der Waals surface area contributed by atoms with Crippen LogP contribution in [0.15, 0.2) is 24.3 Å². The van der Waals surface area contributed by atoms with Crippen molar-refractivity contribution < 1.29 is 23.9 Å². The average Bonchev–Trinajstić information content (AvgIpc) is 2.43. The van der Waals surface area contributed by atoms with Gasteiger partial charge in [-0.3, -0.25) is 9.59 Å². The number of nitrogens with one attached hydrogen (secondary N) is 2. The van der Waals surface area contributed by atoms with Crippen LogP contribution in [0.5, 0.6) is 0 Å². The number of benzene rings is 1. The van der Waals surface area contributed by atoms with Gasteiger partial charge in [0.2, 0.25) is 5.91 Å². The summed E-state index contributed by atoms with van der Waals surface area (Å²) < 4.78 is 13.5. The first-order valence-electron chi connectivity index (χ1n) is 6.30. The fraction of sp³-hybridized carbons (Fsp3) is 0.308. The number of urea groups is 1. The summed E-state index contributed by atoms with van der Waals surface area (Å²) in [6, 6.07) is 3.78. The van der Waals surface area contributed by atoms with E-state index < -0.39 is 36.2 Å². The van der Waals surface area contributed by atoms with Gasteiger partial charge in [0.05, 0.1) is 12.1 Å². The first kappa shape index (κ1) is 14.8. The lowest BCUT2D eigenvalue weighted by molar-refractivity contribution is -0.142. The molecule has 3 amide bonds. The summed E-state index contributed by atoms with van der Waals surface area (Å²) in [5, 5.41) is 13.7. The highest BCUT2D eigenvalue weighted by molar-refractivity contribution is 5.96. The zero-order valence-electron chi connectivity index (χ0n) is 11.0. The van der Waals surface area contributed by atoms with E-state index in [0.717, 1.165) is 4.90 Å². The number of aliphatic carboxylic acids is 1. The number of carboxylic acid groups (broad SMARTS) is 1. The zero-order valence-corrected chi connectivity index (χ0v) is 11.0. The minimum atomic E-state index is -1.19. The molecule has 0 saturated carbocycles. The lowest BCUT2D eigenvalue weighted by Crippen LogP contribution is -2.58. The highest BCUT2D eigenvalue weighted by Crippen LogP contribution is 2.16. The average molecular weight is 295 g/mol. The Labute approximate surface area is 119 Å². The number of amides is 3. The molecule has 1 aliphatic rings. The van der Waals surface area contributed by atoms with Crippen LogP contribution in [0.1, 0.15) is 6.42 Å². The number of halogens is 1. The molecule has 1 saturated heterocycles. The largest absolute Gasteiger partial charge is 0.481 e. The van der Waals surface area contributed by atoms with E-state index in [-0.39, 0.29) is 18.8 Å². The number of para-hydroxylation sites is 1. The van der Waals surface area contributed by atoms with E-state index in [1.807, 2.05) is 0 Å². The Morgan fingerprint density at radius 3 is 2.81 bits per heavy atom. The van der Waals surface area contributed by atoms with Crippen molar-refractivity contribution in [2.24, 2.45) is 0 Å². The smallest absolute Gasteiger partial charge is 0.322 e. The predicted molar refractivity (Wildman–Crippen MR) is 71.2 cm³/mol. The quantitative estimate of drug-likeness (QED) is 0.761. The molecule has 21 heavy (non-hydrogen) atoms. The molecule has 1 aromatic carbocycles. The Morgan fingerprint density at radius 1 is 1.43 bits per heavy atom. The van der Waals surface area contributed by atoms with Gasteiger partial charge in [0.1, 0.15) is 11.9 Å². The van der Waals surface area contributed by atoms with Crippen molar-refractivity contribution >= 4 is 23.6 Å². The molecular formula is C13H14FN3O4. The van der Waals surface area contributed by atoms with Gasteiger partial charge in [-0.2, -0.15) is 0 Å². The second-order valence-electron chi connectivity index (χ2n) is 4.51. The molecule has 112 valence electrons. The number of hydrogen-bond acceptors (Lipinski definition) is 3. The van der Waals surface area contributed by atoms with Crippen molar-refractivity contribution in [3.63, 3.8) is 0 Å². The number of nitrogens with zero attached hydrogens (tertiary/aromatic N) is 1. The summed E-state index contributed by atoms with van der Waals surface area (Å²) in [5.41, 5.74) is -0.0254. The number of carbonyl (C=O) groups is 3. The first-order valence-corrected chi connectivity index (χ1v) is 6.30. The molecule has 8 heteroatoms. The molecule has 0 radical (unpaired) electrons. The molecule has 1 heterocycles. The number of carboxylic acids is 1. The number of anilines is 1. The van der Waals surface area contributed by atoms with Crippen molar-refractivity contribution in [2.75, 3.05) is 18.4 Å². The second-order valence-corrected chi connectivity index (χ2v) is 4.51. The van der Waals surface area contributed by atoms with Gasteiger partial charge in [-0.15, -0.1) is 0 Å². The summed E-state index contributed by atoms with van der Waals surface area (Å²) in [6.45, 7) is 0.379. The van der Waals surface area contributed by atoms with Crippen LogP contribution >= 0.6 is 0 Å². The summed E-state index contributed by atoms with van der Waals surface area (Å²) in [4.78, 5) is 35.7. The third kappa shape index (κ3) is 3.47. The van der Waals surface area contributed by atoms with Gasteiger partial charge >= 0.3 is 12.0 Å². The number of carbonyl (C=O) groups excluding carboxylic acids is 2. The third-order valence-electron chi connectivity index (χ3n) is 3.08. The molecular weight excluding hydrogens is 281 g/mol. The molecule has 1 aromatic rings. The van der Waals surface area contributed by atoms with Crippen LogP contribution in [0.2, 0.25) is 0 Å². The normalized spacial score (nSPS) is 18.0. The van der Waals surface area contributed by atoms with Crippen LogP contribution in [-0.2, 0) is 9.59 Å². The van der Waals surface area contributed by atoms with E-state index in [2.05, 4.69) is 10.6 Å². The summed E-state index contributed by atoms with van der Waals surface area (Å²) >= 11 is 0. The van der Waals surface area contributed by atoms with Crippen LogP contribution in [0, 0.1) is 5.82 Å². The molecule has 1 unspecified atom stereocenters. The number of piperazine rings is 1. The van der Waals surface area contributed by atoms with E-state index in [1.165, 1.54) is 18.2 Å². The fourth-order valence-corrected chi connectivity index (χ4v) is 2.08. The van der Waals surface area contributed by atoms with Gasteiger partial charge < -0.3 is 20.6 Å². The Bertz CT molecular complexity index is 578. The minimum Gasteiger partial charge on any atom is -0.481 e. The highest BCUT2D eigenvalue weighted by Gasteiger charge is 2.34. The number of hydrogen-bond donors (Lipinski definition) is 3. The van der Waals surface area contributed by atoms with Crippen molar-refractivity contribution in [1.82, 2.24) is 10.2 Å². The summed E-state index contributed by atoms with van der Waals surface area (Å²) in [6.07, 6.45) is -0.503. The Balaban J connectivity index is 2.14. The van der Waals surface area contributed by atoms with Crippen molar-refractivity contribution in [1.29, 1.82) is 0 Å². The van der Waals surface area contributed by atoms with E-state index in [4.69, 9.17) is 5.11 Å². The lowest BCUT2D eigenvalue weighted by Gasteiger charge is -2.34. The van der Waals surface area contributed by atoms with Crippen LogP contribution in [-0.4, -0.2) is 47.0 Å². The monoisotopic (exact) mass is 295 g/mol. The molecule has 0 spiro atoms. The maximum atomic E-state index is 13.5. The molecule has 1 aliphatic heterocycles. The third-order valence-corrected chi connectivity index (χ3v) is 3.08. The Kier molecular flexibility index (Phi) is 4.36. The van der Waals surface area contributed by atoms with Gasteiger partial charge in [0, 0.05) is 13.1 Å². The standard InChI is InChI=1S/C13H14FN3O4/c14-8-3-1-2-4-9(8)16-13(21)17-6-5-15-12(20)10(17)7-11(18)19/h1-4,10H,5-7H2,(H,15,20)(H,16,21)(H,18,19). The van der Waals surface area contributed by atoms with E-state index in [9.17, 15) is 18.8 Å². The van der Waals surface area contributed by atoms with Crippen molar-refractivity contribution in [3.05, 3.63) is 30.1 Å². The Hall–Kier alpha value is -2.64. The second kappa shape index (κ2) is 6.21. The minimum absolute atomic E-state index is 0.0254. The topological polar surface area (TPSA) is 98.7 Å². The van der Waals surface area contributed by atoms with Crippen LogP contribution in [0.4, 0.5) is 14.9 Å². The van der Waals surface area contributed by atoms with Crippen molar-refractivity contribution in [2.45, 2.75) is 12.5 Å².